The fourth-order valence-electron chi connectivity index (χ4n) is 2.49. The zero-order valence-electron chi connectivity index (χ0n) is 10.5. The molecule has 1 aliphatic rings. The monoisotopic (exact) mass is 266 g/mol. The molecule has 1 aromatic carbocycles. The molecule has 3 N–H and O–H groups in total. The van der Waals surface area contributed by atoms with Gasteiger partial charge in [-0.1, -0.05) is 30.2 Å². The van der Waals surface area contributed by atoms with E-state index in [9.17, 15) is 4.79 Å². The second kappa shape index (κ2) is 5.72. The minimum absolute atomic E-state index is 0.0107. The first-order valence-electron chi connectivity index (χ1n) is 6.39. The van der Waals surface area contributed by atoms with Crippen LogP contribution in [0.5, 0.6) is 0 Å². The lowest BCUT2D eigenvalue weighted by Crippen LogP contribution is -2.39. The predicted octanol–water partition coefficient (Wildman–Crippen LogP) is 2.64. The van der Waals surface area contributed by atoms with Gasteiger partial charge >= 0.3 is 0 Å². The number of carbonyl (C=O) groups excluding carboxylic acids is 1. The highest BCUT2D eigenvalue weighted by Crippen LogP contribution is 2.25. The average molecular weight is 267 g/mol. The molecule has 1 aromatic rings. The smallest absolute Gasteiger partial charge is 0.225 e. The van der Waals surface area contributed by atoms with Crippen LogP contribution in [0.3, 0.4) is 0 Å². The van der Waals surface area contributed by atoms with Crippen LogP contribution in [0.2, 0.25) is 5.02 Å². The van der Waals surface area contributed by atoms with E-state index in [2.05, 4.69) is 5.32 Å². The van der Waals surface area contributed by atoms with Crippen LogP contribution in [0.25, 0.3) is 0 Å². The van der Waals surface area contributed by atoms with Crippen molar-refractivity contribution in [1.29, 1.82) is 0 Å². The quantitative estimate of drug-likeness (QED) is 0.884. The van der Waals surface area contributed by atoms with Crippen molar-refractivity contribution in [3.05, 3.63) is 34.9 Å². The predicted molar refractivity (Wildman–Crippen MR) is 73.3 cm³/mol. The van der Waals surface area contributed by atoms with Crippen LogP contribution in [0, 0.1) is 5.92 Å². The standard InChI is InChI=1S/C14H19ClN2O/c1-9(10-4-2-5-11(15)8-10)17-14(18)12-6-3-7-13(12)16/h2,4-5,8-9,12-13H,3,6-7,16H2,1H3,(H,17,18). The Balaban J connectivity index is 1.98. The van der Waals surface area contributed by atoms with Crippen LogP contribution in [0.4, 0.5) is 0 Å². The Morgan fingerprint density at radius 1 is 1.50 bits per heavy atom. The van der Waals surface area contributed by atoms with E-state index < -0.39 is 0 Å². The molecule has 1 amide bonds. The van der Waals surface area contributed by atoms with E-state index in [0.717, 1.165) is 24.8 Å². The number of amides is 1. The number of rotatable bonds is 3. The Bertz CT molecular complexity index is 436. The topological polar surface area (TPSA) is 55.1 Å². The van der Waals surface area contributed by atoms with Crippen LogP contribution < -0.4 is 11.1 Å². The number of halogens is 1. The third-order valence-corrected chi connectivity index (χ3v) is 3.85. The molecule has 18 heavy (non-hydrogen) atoms. The Kier molecular flexibility index (Phi) is 4.25. The van der Waals surface area contributed by atoms with Gasteiger partial charge in [-0.2, -0.15) is 0 Å². The second-order valence-corrected chi connectivity index (χ2v) is 5.42. The van der Waals surface area contributed by atoms with Gasteiger partial charge < -0.3 is 11.1 Å². The number of carbonyl (C=O) groups is 1. The summed E-state index contributed by atoms with van der Waals surface area (Å²) in [4.78, 5) is 12.1. The van der Waals surface area contributed by atoms with Crippen LogP contribution in [-0.2, 0) is 4.79 Å². The van der Waals surface area contributed by atoms with E-state index in [0.29, 0.717) is 5.02 Å². The van der Waals surface area contributed by atoms with Crippen LogP contribution in [0.1, 0.15) is 37.8 Å². The van der Waals surface area contributed by atoms with Gasteiger partial charge in [0.1, 0.15) is 0 Å². The average Bonchev–Trinajstić information content (AvgIpc) is 2.75. The molecule has 1 fully saturated rings. The summed E-state index contributed by atoms with van der Waals surface area (Å²) >= 11 is 5.94. The summed E-state index contributed by atoms with van der Waals surface area (Å²) in [7, 11) is 0. The number of benzene rings is 1. The Morgan fingerprint density at radius 2 is 2.28 bits per heavy atom. The van der Waals surface area contributed by atoms with Gasteiger partial charge in [0, 0.05) is 11.1 Å². The van der Waals surface area contributed by atoms with E-state index in [1.165, 1.54) is 0 Å². The SMILES string of the molecule is CC(NC(=O)C1CCCC1N)c1cccc(Cl)c1. The molecule has 2 rings (SSSR count). The molecular formula is C14H19ClN2O. The van der Waals surface area contributed by atoms with E-state index in [1.54, 1.807) is 0 Å². The summed E-state index contributed by atoms with van der Waals surface area (Å²) in [6.07, 6.45) is 2.89. The maximum Gasteiger partial charge on any atom is 0.225 e. The molecule has 3 unspecified atom stereocenters. The lowest BCUT2D eigenvalue weighted by Gasteiger charge is -2.20. The van der Waals surface area contributed by atoms with E-state index in [1.807, 2.05) is 31.2 Å². The van der Waals surface area contributed by atoms with Gasteiger partial charge in [-0.15, -0.1) is 0 Å². The van der Waals surface area contributed by atoms with Gasteiger partial charge in [-0.25, -0.2) is 0 Å². The molecule has 0 saturated heterocycles. The van der Waals surface area contributed by atoms with Crippen LogP contribution in [-0.4, -0.2) is 11.9 Å². The zero-order chi connectivity index (χ0) is 13.1. The fraction of sp³-hybridized carbons (Fsp3) is 0.500. The largest absolute Gasteiger partial charge is 0.349 e. The normalized spacial score (nSPS) is 24.8. The summed E-state index contributed by atoms with van der Waals surface area (Å²) < 4.78 is 0. The molecule has 1 saturated carbocycles. The Labute approximate surface area is 113 Å². The third-order valence-electron chi connectivity index (χ3n) is 3.61. The number of nitrogens with one attached hydrogen (secondary N) is 1. The maximum atomic E-state index is 12.1. The molecular weight excluding hydrogens is 248 g/mol. The zero-order valence-corrected chi connectivity index (χ0v) is 11.3. The van der Waals surface area contributed by atoms with Crippen LogP contribution >= 0.6 is 11.6 Å². The van der Waals surface area contributed by atoms with E-state index in [-0.39, 0.29) is 23.9 Å². The van der Waals surface area contributed by atoms with Gasteiger partial charge in [0.05, 0.1) is 12.0 Å². The molecule has 3 nitrogen and oxygen atoms in total. The van der Waals surface area contributed by atoms with Crippen molar-refractivity contribution >= 4 is 17.5 Å². The first-order valence-corrected chi connectivity index (χ1v) is 6.77. The molecule has 1 aliphatic carbocycles. The highest BCUT2D eigenvalue weighted by Gasteiger charge is 2.30. The van der Waals surface area contributed by atoms with Gasteiger partial charge in [-0.05, 0) is 37.5 Å². The number of hydrogen-bond donors (Lipinski definition) is 2. The van der Waals surface area contributed by atoms with Gasteiger partial charge in [0.25, 0.3) is 0 Å². The summed E-state index contributed by atoms with van der Waals surface area (Å²) in [5.74, 6) is 0.0270. The van der Waals surface area contributed by atoms with E-state index >= 15 is 0 Å². The number of nitrogens with two attached hydrogens (primary N) is 1. The van der Waals surface area contributed by atoms with Crippen molar-refractivity contribution in [2.75, 3.05) is 0 Å². The summed E-state index contributed by atoms with van der Waals surface area (Å²) in [6, 6.07) is 7.53. The molecule has 0 aliphatic heterocycles. The Morgan fingerprint density at radius 3 is 2.89 bits per heavy atom. The van der Waals surface area contributed by atoms with Crippen LogP contribution in [0.15, 0.2) is 24.3 Å². The lowest BCUT2D eigenvalue weighted by atomic mass is 10.0. The van der Waals surface area contributed by atoms with Gasteiger partial charge in [0.15, 0.2) is 0 Å². The molecule has 0 radical (unpaired) electrons. The molecule has 4 heteroatoms. The van der Waals surface area contributed by atoms with Crippen molar-refractivity contribution in [3.8, 4) is 0 Å². The Hall–Kier alpha value is -1.06. The maximum absolute atomic E-state index is 12.1. The molecule has 3 atom stereocenters. The molecule has 98 valence electrons. The molecule has 0 bridgehead atoms. The molecule has 0 aromatic heterocycles. The van der Waals surface area contributed by atoms with Crippen molar-refractivity contribution in [2.45, 2.75) is 38.3 Å². The molecule has 0 heterocycles. The first kappa shape index (κ1) is 13.4. The summed E-state index contributed by atoms with van der Waals surface area (Å²) in [6.45, 7) is 1.96. The minimum Gasteiger partial charge on any atom is -0.349 e. The van der Waals surface area contributed by atoms with Crippen molar-refractivity contribution in [2.24, 2.45) is 11.7 Å². The van der Waals surface area contributed by atoms with Crippen molar-refractivity contribution < 1.29 is 4.79 Å². The van der Waals surface area contributed by atoms with Gasteiger partial charge in [-0.3, -0.25) is 4.79 Å². The van der Waals surface area contributed by atoms with Crippen molar-refractivity contribution in [1.82, 2.24) is 5.32 Å². The highest BCUT2D eigenvalue weighted by molar-refractivity contribution is 6.30. The molecule has 0 spiro atoms. The fourth-order valence-corrected chi connectivity index (χ4v) is 2.69. The second-order valence-electron chi connectivity index (χ2n) is 4.99. The lowest BCUT2D eigenvalue weighted by molar-refractivity contribution is -0.125. The third kappa shape index (κ3) is 3.03. The van der Waals surface area contributed by atoms with Gasteiger partial charge in [0.2, 0.25) is 5.91 Å². The summed E-state index contributed by atoms with van der Waals surface area (Å²) in [5, 5.41) is 3.70. The number of hydrogen-bond acceptors (Lipinski definition) is 2. The summed E-state index contributed by atoms with van der Waals surface area (Å²) in [5.41, 5.74) is 6.95. The first-order chi connectivity index (χ1) is 8.58. The minimum atomic E-state index is -0.0380. The highest BCUT2D eigenvalue weighted by atomic mass is 35.5. The van der Waals surface area contributed by atoms with Crippen molar-refractivity contribution in [3.63, 3.8) is 0 Å². The van der Waals surface area contributed by atoms with E-state index in [4.69, 9.17) is 17.3 Å².